The van der Waals surface area contributed by atoms with Gasteiger partial charge in [-0.15, -0.1) is 12.4 Å². The summed E-state index contributed by atoms with van der Waals surface area (Å²) in [5, 5.41) is 12.9. The van der Waals surface area contributed by atoms with Gasteiger partial charge in [-0.1, -0.05) is 18.2 Å². The van der Waals surface area contributed by atoms with E-state index in [4.69, 9.17) is 0 Å². The molecule has 0 unspecified atom stereocenters. The Morgan fingerprint density at radius 2 is 1.86 bits per heavy atom. The Bertz CT molecular complexity index is 1080. The molecule has 0 aliphatic rings. The number of nitriles is 1. The summed E-state index contributed by atoms with van der Waals surface area (Å²) >= 11 is 0. The van der Waals surface area contributed by atoms with Crippen molar-refractivity contribution in [3.05, 3.63) is 77.5 Å². The van der Waals surface area contributed by atoms with Crippen LogP contribution in [0.2, 0.25) is 0 Å². The molecule has 28 heavy (non-hydrogen) atoms. The second-order valence-corrected chi connectivity index (χ2v) is 5.61. The molecule has 1 heterocycles. The Kier molecular flexibility index (Phi) is 6.85. The molecular formula is C21H16ClN3O3. The average Bonchev–Trinajstić information content (AvgIpc) is 2.72. The van der Waals surface area contributed by atoms with Gasteiger partial charge in [0.1, 0.15) is 11.6 Å². The molecule has 0 fully saturated rings. The van der Waals surface area contributed by atoms with Crippen molar-refractivity contribution in [1.82, 2.24) is 4.98 Å². The maximum atomic E-state index is 12.5. The summed E-state index contributed by atoms with van der Waals surface area (Å²) in [4.78, 5) is 28.2. The number of nitrogens with zero attached hydrogens (tertiary/aromatic N) is 2. The Balaban J connectivity index is 0.00000280. The first-order valence-corrected chi connectivity index (χ1v) is 8.07. The Morgan fingerprint density at radius 1 is 1.11 bits per heavy atom. The smallest absolute Gasteiger partial charge is 0.337 e. The Hall–Kier alpha value is -3.69. The van der Waals surface area contributed by atoms with Crippen LogP contribution in [-0.2, 0) is 9.53 Å². The van der Waals surface area contributed by atoms with Crippen LogP contribution >= 0.6 is 12.4 Å². The molecular weight excluding hydrogens is 378 g/mol. The quantitative estimate of drug-likeness (QED) is 0.411. The van der Waals surface area contributed by atoms with E-state index in [1.165, 1.54) is 13.2 Å². The summed E-state index contributed by atoms with van der Waals surface area (Å²) in [6.45, 7) is 0. The van der Waals surface area contributed by atoms with Gasteiger partial charge in [-0.25, -0.2) is 4.79 Å². The zero-order valence-electron chi connectivity index (χ0n) is 14.9. The van der Waals surface area contributed by atoms with Crippen LogP contribution in [0.25, 0.3) is 17.0 Å². The van der Waals surface area contributed by atoms with Crippen molar-refractivity contribution in [3.63, 3.8) is 0 Å². The highest BCUT2D eigenvalue weighted by molar-refractivity contribution is 6.12. The summed E-state index contributed by atoms with van der Waals surface area (Å²) < 4.78 is 4.64. The van der Waals surface area contributed by atoms with Crippen molar-refractivity contribution in [2.24, 2.45) is 0 Å². The number of anilines is 1. The highest BCUT2D eigenvalue weighted by Crippen LogP contribution is 2.22. The molecule has 0 aliphatic heterocycles. The molecule has 0 saturated heterocycles. The number of carbonyl (C=O) groups excluding carboxylic acids is 2. The van der Waals surface area contributed by atoms with Gasteiger partial charge in [-0.3, -0.25) is 9.78 Å². The standard InChI is InChI=1S/C21H15N3O3.ClH/c1-27-21(26)15-9-7-14(8-10-15)12-16(13-22)20(25)24-19-6-2-5-18-17(19)4-3-11-23-18;/h2-12H,1H3,(H,24,25);1H. The molecule has 0 bridgehead atoms. The molecule has 3 rings (SSSR count). The first kappa shape index (κ1) is 20.6. The van der Waals surface area contributed by atoms with E-state index in [9.17, 15) is 14.9 Å². The normalized spacial score (nSPS) is 10.5. The molecule has 0 spiro atoms. The van der Waals surface area contributed by atoms with E-state index >= 15 is 0 Å². The van der Waals surface area contributed by atoms with E-state index in [2.05, 4.69) is 15.0 Å². The van der Waals surface area contributed by atoms with Crippen LogP contribution in [-0.4, -0.2) is 24.0 Å². The molecule has 0 aliphatic carbocycles. The zero-order chi connectivity index (χ0) is 19.2. The molecule has 7 heteroatoms. The van der Waals surface area contributed by atoms with Crippen LogP contribution in [0.3, 0.4) is 0 Å². The van der Waals surface area contributed by atoms with Crippen molar-refractivity contribution >= 4 is 46.9 Å². The van der Waals surface area contributed by atoms with Gasteiger partial charge in [0.25, 0.3) is 5.91 Å². The third kappa shape index (κ3) is 4.53. The van der Waals surface area contributed by atoms with Crippen molar-refractivity contribution in [3.8, 4) is 6.07 Å². The number of benzene rings is 2. The number of amides is 1. The summed E-state index contributed by atoms with van der Waals surface area (Å²) in [5.74, 6) is -0.973. The lowest BCUT2D eigenvalue weighted by molar-refractivity contribution is -0.112. The van der Waals surface area contributed by atoms with Gasteiger partial charge in [0.2, 0.25) is 0 Å². The van der Waals surface area contributed by atoms with Gasteiger partial charge in [0, 0.05) is 11.6 Å². The van der Waals surface area contributed by atoms with Crippen molar-refractivity contribution in [2.75, 3.05) is 12.4 Å². The van der Waals surface area contributed by atoms with E-state index in [-0.39, 0.29) is 18.0 Å². The third-order valence-electron chi connectivity index (χ3n) is 3.90. The lowest BCUT2D eigenvalue weighted by Gasteiger charge is -2.07. The maximum absolute atomic E-state index is 12.5. The number of methoxy groups -OCH3 is 1. The lowest BCUT2D eigenvalue weighted by Crippen LogP contribution is -2.13. The van der Waals surface area contributed by atoms with Gasteiger partial charge in [-0.2, -0.15) is 5.26 Å². The Morgan fingerprint density at radius 3 is 2.54 bits per heavy atom. The van der Waals surface area contributed by atoms with Gasteiger partial charge >= 0.3 is 5.97 Å². The largest absolute Gasteiger partial charge is 0.465 e. The van der Waals surface area contributed by atoms with E-state index in [0.29, 0.717) is 16.8 Å². The summed E-state index contributed by atoms with van der Waals surface area (Å²) in [5.41, 5.74) is 2.28. The molecule has 1 N–H and O–H groups in total. The molecule has 2 aromatic carbocycles. The van der Waals surface area contributed by atoms with Crippen LogP contribution in [0, 0.1) is 11.3 Å². The topological polar surface area (TPSA) is 92.1 Å². The predicted octanol–water partition coefficient (Wildman–Crippen LogP) is 3.99. The molecule has 0 saturated carbocycles. The molecule has 3 aromatic rings. The summed E-state index contributed by atoms with van der Waals surface area (Å²) in [6, 6.07) is 17.3. The van der Waals surface area contributed by atoms with E-state index in [1.807, 2.05) is 18.2 Å². The average molecular weight is 394 g/mol. The molecule has 140 valence electrons. The number of hydrogen-bond acceptors (Lipinski definition) is 5. The zero-order valence-corrected chi connectivity index (χ0v) is 15.7. The maximum Gasteiger partial charge on any atom is 0.337 e. The molecule has 0 radical (unpaired) electrons. The fraction of sp³-hybridized carbons (Fsp3) is 0.0476. The minimum atomic E-state index is -0.522. The molecule has 1 aromatic heterocycles. The SMILES string of the molecule is COC(=O)c1ccc(C=C(C#N)C(=O)Nc2cccc3ncccc23)cc1.Cl. The number of esters is 1. The number of hydrogen-bond donors (Lipinski definition) is 1. The first-order chi connectivity index (χ1) is 13.1. The van der Waals surface area contributed by atoms with Crippen LogP contribution in [0.1, 0.15) is 15.9 Å². The molecule has 6 nitrogen and oxygen atoms in total. The summed E-state index contributed by atoms with van der Waals surface area (Å²) in [6.07, 6.45) is 3.13. The van der Waals surface area contributed by atoms with Gasteiger partial charge in [-0.05, 0) is 48.0 Å². The minimum Gasteiger partial charge on any atom is -0.465 e. The number of carbonyl (C=O) groups is 2. The number of aromatic nitrogens is 1. The second kappa shape index (κ2) is 9.31. The van der Waals surface area contributed by atoms with Crippen LogP contribution in [0.15, 0.2) is 66.4 Å². The van der Waals surface area contributed by atoms with Crippen LogP contribution in [0.4, 0.5) is 5.69 Å². The van der Waals surface area contributed by atoms with Gasteiger partial charge in [0.05, 0.1) is 23.9 Å². The number of pyridine rings is 1. The number of halogens is 1. The minimum absolute atomic E-state index is 0. The fourth-order valence-corrected chi connectivity index (χ4v) is 2.55. The van der Waals surface area contributed by atoms with Crippen molar-refractivity contribution in [2.45, 2.75) is 0 Å². The fourth-order valence-electron chi connectivity index (χ4n) is 2.55. The van der Waals surface area contributed by atoms with Crippen molar-refractivity contribution in [1.29, 1.82) is 5.26 Å². The number of nitrogens with one attached hydrogen (secondary N) is 1. The lowest BCUT2D eigenvalue weighted by atomic mass is 10.1. The highest BCUT2D eigenvalue weighted by Gasteiger charge is 2.12. The van der Waals surface area contributed by atoms with E-state index in [0.717, 1.165) is 10.9 Å². The number of rotatable bonds is 4. The predicted molar refractivity (Wildman–Crippen MR) is 109 cm³/mol. The Labute approximate surface area is 167 Å². The highest BCUT2D eigenvalue weighted by atomic mass is 35.5. The van der Waals surface area contributed by atoms with E-state index in [1.54, 1.807) is 48.7 Å². The summed E-state index contributed by atoms with van der Waals surface area (Å²) in [7, 11) is 1.30. The third-order valence-corrected chi connectivity index (χ3v) is 3.90. The molecule has 0 atom stereocenters. The number of fused-ring (bicyclic) bond motifs is 1. The number of ether oxygens (including phenoxy) is 1. The van der Waals surface area contributed by atoms with Crippen LogP contribution in [0.5, 0.6) is 0 Å². The first-order valence-electron chi connectivity index (χ1n) is 8.07. The molecule has 1 amide bonds. The van der Waals surface area contributed by atoms with Crippen molar-refractivity contribution < 1.29 is 14.3 Å². The van der Waals surface area contributed by atoms with Gasteiger partial charge in [0.15, 0.2) is 0 Å². The van der Waals surface area contributed by atoms with Crippen LogP contribution < -0.4 is 5.32 Å². The van der Waals surface area contributed by atoms with Gasteiger partial charge < -0.3 is 10.1 Å². The van der Waals surface area contributed by atoms with E-state index < -0.39 is 11.9 Å². The second-order valence-electron chi connectivity index (χ2n) is 5.61. The monoisotopic (exact) mass is 393 g/mol.